The Bertz CT molecular complexity index is 516. The Hall–Kier alpha value is 0.210. The van der Waals surface area contributed by atoms with E-state index in [2.05, 4.69) is 0 Å². The van der Waals surface area contributed by atoms with E-state index in [4.69, 9.17) is 0 Å². The molecule has 0 rings (SSSR count). The molecule has 0 aromatic carbocycles. The van der Waals surface area contributed by atoms with Crippen molar-refractivity contribution in [1.29, 1.82) is 0 Å². The van der Waals surface area contributed by atoms with E-state index >= 15 is 0 Å². The molecule has 0 spiro atoms. The zero-order valence-corrected chi connectivity index (χ0v) is 16.5. The van der Waals surface area contributed by atoms with Crippen LogP contribution < -0.4 is 29.6 Å². The average molecular weight is 452 g/mol. The van der Waals surface area contributed by atoms with E-state index in [-0.39, 0.29) is 29.6 Å². The third-order valence-electron chi connectivity index (χ3n) is 3.26. The van der Waals surface area contributed by atoms with Gasteiger partial charge in [-0.1, -0.05) is 0 Å². The van der Waals surface area contributed by atoms with Crippen molar-refractivity contribution in [3.63, 3.8) is 0 Å². The van der Waals surface area contributed by atoms with Crippen LogP contribution in [0.1, 0.15) is 6.42 Å². The first-order chi connectivity index (χ1) is 11.7. The van der Waals surface area contributed by atoms with Crippen molar-refractivity contribution >= 4 is 10.1 Å². The minimum atomic E-state index is -5.41. The second-order valence-electron chi connectivity index (χ2n) is 5.34. The average Bonchev–Trinajstić information content (AvgIpc) is 2.55. The molecule has 0 heterocycles. The number of hydrogen-bond donors (Lipinski definition) is 0. The van der Waals surface area contributed by atoms with Crippen molar-refractivity contribution in [1.82, 2.24) is 0 Å². The summed E-state index contributed by atoms with van der Waals surface area (Å²) < 4.78 is 162. The molecule has 0 aliphatic carbocycles. The van der Waals surface area contributed by atoms with Crippen LogP contribution in [0.3, 0.4) is 0 Å². The van der Waals surface area contributed by atoms with Gasteiger partial charge < -0.3 is 4.55 Å². The van der Waals surface area contributed by atoms with Crippen LogP contribution in [0.2, 0.25) is 0 Å². The van der Waals surface area contributed by atoms with Crippen molar-refractivity contribution in [2.24, 2.45) is 0 Å². The van der Waals surface area contributed by atoms with Crippen molar-refractivity contribution in [3.05, 3.63) is 0 Å². The SMILES string of the molecule is O=S(=O)([O-])CC(F)C(F)C(F)C(F)C(F)C(F)C(F)C(F)C(F)CCF.[Na+]. The summed E-state index contributed by atoms with van der Waals surface area (Å²) in [6, 6.07) is 0. The minimum absolute atomic E-state index is 0. The van der Waals surface area contributed by atoms with Gasteiger partial charge in [-0.25, -0.2) is 47.9 Å². The third kappa shape index (κ3) is 9.50. The van der Waals surface area contributed by atoms with Gasteiger partial charge >= 0.3 is 29.6 Å². The number of alkyl halides is 10. The van der Waals surface area contributed by atoms with Crippen LogP contribution in [0.5, 0.6) is 0 Å². The zero-order chi connectivity index (χ0) is 20.8. The molecule has 0 N–H and O–H groups in total. The molecule has 0 amide bonds. The summed E-state index contributed by atoms with van der Waals surface area (Å²) in [4.78, 5) is 0. The van der Waals surface area contributed by atoms with Gasteiger partial charge in [0.15, 0.2) is 43.2 Å². The Morgan fingerprint density at radius 1 is 0.630 bits per heavy atom. The molecule has 158 valence electrons. The first kappa shape index (κ1) is 29.4. The van der Waals surface area contributed by atoms with Gasteiger partial charge in [0.1, 0.15) is 12.3 Å². The molecular formula is C12H15F10NaO3S. The molecule has 15 heteroatoms. The van der Waals surface area contributed by atoms with E-state index in [1.165, 1.54) is 0 Å². The fourth-order valence-electron chi connectivity index (χ4n) is 1.83. The van der Waals surface area contributed by atoms with Gasteiger partial charge in [-0.15, -0.1) is 0 Å². The van der Waals surface area contributed by atoms with E-state index in [1.54, 1.807) is 0 Å². The molecule has 0 aromatic heterocycles. The van der Waals surface area contributed by atoms with Crippen LogP contribution in [-0.4, -0.2) is 80.9 Å². The number of hydrogen-bond acceptors (Lipinski definition) is 3. The Morgan fingerprint density at radius 3 is 1.22 bits per heavy atom. The molecule has 9 unspecified atom stereocenters. The van der Waals surface area contributed by atoms with E-state index in [9.17, 15) is 56.9 Å². The summed E-state index contributed by atoms with van der Waals surface area (Å²) in [7, 11) is -5.41. The minimum Gasteiger partial charge on any atom is -0.748 e. The quantitative estimate of drug-likeness (QED) is 0.237. The molecule has 27 heavy (non-hydrogen) atoms. The van der Waals surface area contributed by atoms with Gasteiger partial charge in [0.25, 0.3) is 0 Å². The Kier molecular flexibility index (Phi) is 13.8. The van der Waals surface area contributed by atoms with Crippen LogP contribution in [0.4, 0.5) is 43.9 Å². The summed E-state index contributed by atoms with van der Waals surface area (Å²) in [6.07, 6.45) is -34.1. The normalized spacial score (nSPS) is 22.5. The second kappa shape index (κ2) is 12.7. The standard InChI is InChI=1S/C12H16F10O3S.Na/c13-2-1-4(14)6(16)8(18)10(20)12(22)11(21)9(19)7(17)5(15)3-26(23,24)25;/h4-12H,1-3H2,(H,23,24,25);/q;+1/p-1. The van der Waals surface area contributed by atoms with Crippen molar-refractivity contribution in [3.8, 4) is 0 Å². The summed E-state index contributed by atoms with van der Waals surface area (Å²) in [5.41, 5.74) is 0. The smallest absolute Gasteiger partial charge is 0.748 e. The molecule has 0 fully saturated rings. The van der Waals surface area contributed by atoms with Gasteiger partial charge in [0.05, 0.1) is 22.5 Å². The molecule has 0 bridgehead atoms. The van der Waals surface area contributed by atoms with Crippen LogP contribution in [0.25, 0.3) is 0 Å². The monoisotopic (exact) mass is 452 g/mol. The largest absolute Gasteiger partial charge is 1.00 e. The predicted octanol–water partition coefficient (Wildman–Crippen LogP) is -0.0619. The maximum absolute atomic E-state index is 13.4. The number of rotatable bonds is 12. The second-order valence-corrected chi connectivity index (χ2v) is 6.79. The molecule has 0 aliphatic rings. The van der Waals surface area contributed by atoms with Gasteiger partial charge in [-0.3, -0.25) is 4.39 Å². The van der Waals surface area contributed by atoms with Gasteiger partial charge in [-0.2, -0.15) is 0 Å². The molecule has 0 saturated heterocycles. The van der Waals surface area contributed by atoms with E-state index in [0.29, 0.717) is 0 Å². The molecule has 0 aromatic rings. The first-order valence-electron chi connectivity index (χ1n) is 7.00. The predicted molar refractivity (Wildman–Crippen MR) is 69.2 cm³/mol. The maximum atomic E-state index is 13.4. The van der Waals surface area contributed by atoms with Crippen LogP contribution >= 0.6 is 0 Å². The zero-order valence-electron chi connectivity index (χ0n) is 13.7. The Labute approximate surface area is 170 Å². The summed E-state index contributed by atoms with van der Waals surface area (Å²) >= 11 is 0. The van der Waals surface area contributed by atoms with Crippen molar-refractivity contribution < 1.29 is 86.4 Å². The van der Waals surface area contributed by atoms with Gasteiger partial charge in [0.2, 0.25) is 0 Å². The number of halogens is 10. The first-order valence-corrected chi connectivity index (χ1v) is 8.58. The molecule has 0 aliphatic heterocycles. The molecular weight excluding hydrogens is 437 g/mol. The van der Waals surface area contributed by atoms with Crippen molar-refractivity contribution in [2.45, 2.75) is 62.0 Å². The Balaban J connectivity index is 0. The molecule has 0 radical (unpaired) electrons. The fraction of sp³-hybridized carbons (Fsp3) is 1.00. The van der Waals surface area contributed by atoms with Crippen molar-refractivity contribution in [2.75, 3.05) is 12.4 Å². The molecule has 3 nitrogen and oxygen atoms in total. The van der Waals surface area contributed by atoms with Crippen LogP contribution in [0, 0.1) is 0 Å². The van der Waals surface area contributed by atoms with E-state index in [0.717, 1.165) is 0 Å². The third-order valence-corrected chi connectivity index (χ3v) is 3.99. The van der Waals surface area contributed by atoms with Gasteiger partial charge in [-0.05, 0) is 0 Å². The Morgan fingerprint density at radius 2 is 0.926 bits per heavy atom. The van der Waals surface area contributed by atoms with E-state index < -0.39 is 84.5 Å². The molecule has 0 saturated carbocycles. The summed E-state index contributed by atoms with van der Waals surface area (Å²) in [6.45, 7) is -1.48. The van der Waals surface area contributed by atoms with Gasteiger partial charge in [0, 0.05) is 6.42 Å². The maximum Gasteiger partial charge on any atom is 1.00 e. The van der Waals surface area contributed by atoms with Crippen LogP contribution in [-0.2, 0) is 10.1 Å². The fourth-order valence-corrected chi connectivity index (χ4v) is 2.40. The van der Waals surface area contributed by atoms with Crippen LogP contribution in [0.15, 0.2) is 0 Å². The van der Waals surface area contributed by atoms with E-state index in [1.807, 2.05) is 0 Å². The molecule has 9 atom stereocenters. The summed E-state index contributed by atoms with van der Waals surface area (Å²) in [5.74, 6) is -2.14. The summed E-state index contributed by atoms with van der Waals surface area (Å²) in [5, 5.41) is 0. The topological polar surface area (TPSA) is 57.2 Å².